The van der Waals surface area contributed by atoms with Gasteiger partial charge in [-0.1, -0.05) is 19.9 Å². The van der Waals surface area contributed by atoms with Crippen LogP contribution in [0, 0.1) is 5.92 Å². The predicted octanol–water partition coefficient (Wildman–Crippen LogP) is 3.71. The molecule has 1 aliphatic rings. The number of pyridine rings is 1. The van der Waals surface area contributed by atoms with Gasteiger partial charge in [0, 0.05) is 24.8 Å². The summed E-state index contributed by atoms with van der Waals surface area (Å²) in [5.74, 6) is -0.261. The summed E-state index contributed by atoms with van der Waals surface area (Å²) in [5, 5.41) is 8.62. The first kappa shape index (κ1) is 35.5. The molecule has 4 rings (SSSR count). The zero-order chi connectivity index (χ0) is 34.6. The van der Waals surface area contributed by atoms with E-state index in [2.05, 4.69) is 20.9 Å². The van der Waals surface area contributed by atoms with Gasteiger partial charge in [0.1, 0.15) is 23.1 Å². The van der Waals surface area contributed by atoms with Gasteiger partial charge in [-0.15, -0.1) is 0 Å². The fourth-order valence-electron chi connectivity index (χ4n) is 5.20. The van der Waals surface area contributed by atoms with Crippen LogP contribution in [0.25, 0.3) is 0 Å². The molecule has 0 spiro atoms. The lowest BCUT2D eigenvalue weighted by Gasteiger charge is -2.26. The highest BCUT2D eigenvalue weighted by Crippen LogP contribution is 2.37. The number of amides is 4. The number of hydrogen-bond donors (Lipinski definition) is 3. The number of benzene rings is 2. The predicted molar refractivity (Wildman–Crippen MR) is 178 cm³/mol. The summed E-state index contributed by atoms with van der Waals surface area (Å²) in [5.41, 5.74) is 1.11. The Kier molecular flexibility index (Phi) is 12.6. The van der Waals surface area contributed by atoms with Crippen LogP contribution in [0.5, 0.6) is 28.9 Å². The van der Waals surface area contributed by atoms with E-state index >= 15 is 0 Å². The standard InChI is InChI=1S/C35H43N5O8/c1-6-47-34-24(11-10-17-37-34)35(44)40-18-8-7-16-36-32(42)23-14-15-28(46-5)29(19-23)48-27-13-9-12-26(45-4)25(27)20-38-33(43)31(22(2)3)39-30(41)21-40/h9-15,17,19,22,31H,6-8,16,18,20-21H2,1-5H3,(H,36,42)(H,38,43)(H,39,41)/t31-/m1/s1. The van der Waals surface area contributed by atoms with Crippen molar-refractivity contribution in [2.24, 2.45) is 5.92 Å². The normalized spacial score (nSPS) is 16.4. The van der Waals surface area contributed by atoms with Gasteiger partial charge >= 0.3 is 0 Å². The maximum atomic E-state index is 13.7. The van der Waals surface area contributed by atoms with Gasteiger partial charge in [0.2, 0.25) is 17.7 Å². The first-order chi connectivity index (χ1) is 23.2. The van der Waals surface area contributed by atoms with Crippen LogP contribution in [-0.4, -0.2) is 80.0 Å². The van der Waals surface area contributed by atoms with Gasteiger partial charge in [-0.3, -0.25) is 19.2 Å². The molecular weight excluding hydrogens is 618 g/mol. The number of fused-ring (bicyclic) bond motifs is 3. The van der Waals surface area contributed by atoms with Crippen molar-refractivity contribution in [3.63, 3.8) is 0 Å². The van der Waals surface area contributed by atoms with Crippen molar-refractivity contribution in [3.8, 4) is 28.9 Å². The number of hydrogen-bond acceptors (Lipinski definition) is 9. The third kappa shape index (κ3) is 8.93. The second-order valence-electron chi connectivity index (χ2n) is 11.4. The maximum Gasteiger partial charge on any atom is 0.259 e. The van der Waals surface area contributed by atoms with Gasteiger partial charge in [-0.25, -0.2) is 4.98 Å². The topological polar surface area (TPSA) is 157 Å². The Balaban J connectivity index is 1.68. The van der Waals surface area contributed by atoms with Crippen LogP contribution >= 0.6 is 0 Å². The Morgan fingerprint density at radius 2 is 1.79 bits per heavy atom. The molecule has 1 atom stereocenters. The Morgan fingerprint density at radius 1 is 1.00 bits per heavy atom. The number of aromatic nitrogens is 1. The maximum absolute atomic E-state index is 13.7. The van der Waals surface area contributed by atoms with Crippen molar-refractivity contribution in [1.82, 2.24) is 25.8 Å². The van der Waals surface area contributed by atoms with Crippen molar-refractivity contribution >= 4 is 23.6 Å². The highest BCUT2D eigenvalue weighted by Gasteiger charge is 2.28. The molecule has 1 aromatic heterocycles. The number of nitrogens with zero attached hydrogens (tertiary/aromatic N) is 2. The second-order valence-corrected chi connectivity index (χ2v) is 11.4. The van der Waals surface area contributed by atoms with E-state index in [0.29, 0.717) is 60.1 Å². The number of methoxy groups -OCH3 is 2. The smallest absolute Gasteiger partial charge is 0.259 e. The first-order valence-corrected chi connectivity index (χ1v) is 15.9. The summed E-state index contributed by atoms with van der Waals surface area (Å²) < 4.78 is 22.9. The fraction of sp³-hybridized carbons (Fsp3) is 0.400. The van der Waals surface area contributed by atoms with Gasteiger partial charge in [0.25, 0.3) is 11.8 Å². The third-order valence-electron chi connectivity index (χ3n) is 7.71. The minimum atomic E-state index is -0.900. The zero-order valence-electron chi connectivity index (χ0n) is 28.0. The van der Waals surface area contributed by atoms with E-state index in [1.165, 1.54) is 25.3 Å². The molecule has 3 N–H and O–H groups in total. The number of carbonyl (C=O) groups is 4. The van der Waals surface area contributed by atoms with Crippen LogP contribution in [0.15, 0.2) is 54.7 Å². The molecule has 256 valence electrons. The van der Waals surface area contributed by atoms with Crippen molar-refractivity contribution in [2.45, 2.75) is 46.2 Å². The van der Waals surface area contributed by atoms with Crippen LogP contribution < -0.4 is 34.9 Å². The molecule has 3 aromatic rings. The molecule has 2 heterocycles. The lowest BCUT2D eigenvalue weighted by Crippen LogP contribution is -2.52. The summed E-state index contributed by atoms with van der Waals surface area (Å²) >= 11 is 0. The molecule has 2 aromatic carbocycles. The number of rotatable bonds is 6. The molecule has 0 radical (unpaired) electrons. The van der Waals surface area contributed by atoms with Crippen LogP contribution in [0.3, 0.4) is 0 Å². The van der Waals surface area contributed by atoms with Gasteiger partial charge in [-0.2, -0.15) is 0 Å². The Morgan fingerprint density at radius 3 is 2.52 bits per heavy atom. The SMILES string of the molecule is CCOc1ncccc1C(=O)N1CCCCNC(=O)c2ccc(OC)c(c2)Oc2cccc(OC)c2CNC(=O)[C@@H](C(C)C)NC(=O)C1. The summed E-state index contributed by atoms with van der Waals surface area (Å²) in [6.45, 7) is 5.97. The fourth-order valence-corrected chi connectivity index (χ4v) is 5.20. The monoisotopic (exact) mass is 661 g/mol. The van der Waals surface area contributed by atoms with E-state index in [9.17, 15) is 19.2 Å². The Bertz CT molecular complexity index is 1610. The van der Waals surface area contributed by atoms with Crippen molar-refractivity contribution in [2.75, 3.05) is 40.5 Å². The van der Waals surface area contributed by atoms with E-state index in [-0.39, 0.29) is 42.9 Å². The molecule has 0 aliphatic carbocycles. The minimum Gasteiger partial charge on any atom is -0.496 e. The van der Waals surface area contributed by atoms with E-state index in [0.717, 1.165) is 0 Å². The Hall–Kier alpha value is -5.33. The van der Waals surface area contributed by atoms with Crippen LogP contribution in [-0.2, 0) is 16.1 Å². The molecule has 0 fully saturated rings. The number of nitrogens with one attached hydrogen (secondary N) is 3. The molecular formula is C35H43N5O8. The van der Waals surface area contributed by atoms with Gasteiger partial charge < -0.3 is 39.8 Å². The van der Waals surface area contributed by atoms with Gasteiger partial charge in [-0.05, 0) is 68.1 Å². The van der Waals surface area contributed by atoms with Crippen LogP contribution in [0.1, 0.15) is 59.9 Å². The second kappa shape index (κ2) is 17.0. The molecule has 4 amide bonds. The lowest BCUT2D eigenvalue weighted by molar-refractivity contribution is -0.130. The van der Waals surface area contributed by atoms with Crippen molar-refractivity contribution < 1.29 is 38.1 Å². The molecule has 0 unspecified atom stereocenters. The largest absolute Gasteiger partial charge is 0.496 e. The quantitative estimate of drug-likeness (QED) is 0.358. The highest BCUT2D eigenvalue weighted by molar-refractivity contribution is 5.99. The number of ether oxygens (including phenoxy) is 4. The summed E-state index contributed by atoms with van der Waals surface area (Å²) in [7, 11) is 3.01. The molecule has 2 bridgehead atoms. The molecule has 1 aliphatic heterocycles. The minimum absolute atomic E-state index is 0.00554. The van der Waals surface area contributed by atoms with Crippen molar-refractivity contribution in [1.29, 1.82) is 0 Å². The van der Waals surface area contributed by atoms with E-state index in [4.69, 9.17) is 18.9 Å². The molecule has 13 heteroatoms. The average Bonchev–Trinajstić information content (AvgIpc) is 3.08. The van der Waals surface area contributed by atoms with E-state index < -0.39 is 23.8 Å². The molecule has 48 heavy (non-hydrogen) atoms. The van der Waals surface area contributed by atoms with Crippen LogP contribution in [0.2, 0.25) is 0 Å². The highest BCUT2D eigenvalue weighted by atomic mass is 16.5. The Labute approximate surface area is 280 Å². The first-order valence-electron chi connectivity index (χ1n) is 15.9. The number of carbonyl (C=O) groups excluding carboxylic acids is 4. The summed E-state index contributed by atoms with van der Waals surface area (Å²) in [6.07, 6.45) is 2.53. The molecule has 13 nitrogen and oxygen atoms in total. The third-order valence-corrected chi connectivity index (χ3v) is 7.71. The van der Waals surface area contributed by atoms with Gasteiger partial charge in [0.15, 0.2) is 11.5 Å². The van der Waals surface area contributed by atoms with Gasteiger partial charge in [0.05, 0.1) is 39.5 Å². The van der Waals surface area contributed by atoms with Crippen LogP contribution in [0.4, 0.5) is 0 Å². The average molecular weight is 662 g/mol. The van der Waals surface area contributed by atoms with E-state index in [1.807, 2.05) is 13.8 Å². The molecule has 0 saturated carbocycles. The molecule has 0 saturated heterocycles. The summed E-state index contributed by atoms with van der Waals surface area (Å²) in [6, 6.07) is 12.4. The lowest BCUT2D eigenvalue weighted by atomic mass is 10.0. The zero-order valence-corrected chi connectivity index (χ0v) is 28.0. The summed E-state index contributed by atoms with van der Waals surface area (Å²) in [4.78, 5) is 59.4. The van der Waals surface area contributed by atoms with Crippen molar-refractivity contribution in [3.05, 3.63) is 71.4 Å². The van der Waals surface area contributed by atoms with E-state index in [1.54, 1.807) is 55.5 Å².